The highest BCUT2D eigenvalue weighted by molar-refractivity contribution is 6.30. The van der Waals surface area contributed by atoms with Crippen molar-refractivity contribution >= 4 is 11.6 Å². The molecule has 1 aromatic heterocycles. The first-order valence-corrected chi connectivity index (χ1v) is 7.95. The van der Waals surface area contributed by atoms with Crippen molar-refractivity contribution in [1.29, 1.82) is 0 Å². The molecule has 118 valence electrons. The van der Waals surface area contributed by atoms with Crippen molar-refractivity contribution in [3.63, 3.8) is 0 Å². The van der Waals surface area contributed by atoms with Crippen molar-refractivity contribution in [2.24, 2.45) is 0 Å². The van der Waals surface area contributed by atoms with Crippen LogP contribution in [-0.2, 0) is 6.42 Å². The Balaban J connectivity index is 1.74. The minimum Gasteiger partial charge on any atom is -0.457 e. The third-order valence-electron chi connectivity index (χ3n) is 3.63. The van der Waals surface area contributed by atoms with Crippen LogP contribution in [-0.4, -0.2) is 16.7 Å². The van der Waals surface area contributed by atoms with E-state index in [4.69, 9.17) is 21.4 Å². The maximum atomic E-state index is 8.98. The predicted octanol–water partition coefficient (Wildman–Crippen LogP) is 5.05. The molecule has 0 saturated carbocycles. The van der Waals surface area contributed by atoms with Gasteiger partial charge in [-0.2, -0.15) is 0 Å². The van der Waals surface area contributed by atoms with Gasteiger partial charge in [0.05, 0.1) is 0 Å². The van der Waals surface area contributed by atoms with Crippen LogP contribution in [0.15, 0.2) is 60.8 Å². The van der Waals surface area contributed by atoms with Crippen molar-refractivity contribution in [2.45, 2.75) is 12.8 Å². The van der Waals surface area contributed by atoms with Gasteiger partial charge in [0, 0.05) is 29.1 Å². The van der Waals surface area contributed by atoms with E-state index < -0.39 is 0 Å². The zero-order valence-corrected chi connectivity index (χ0v) is 13.4. The van der Waals surface area contributed by atoms with Crippen LogP contribution in [0.1, 0.15) is 12.1 Å². The van der Waals surface area contributed by atoms with Crippen molar-refractivity contribution in [2.75, 3.05) is 6.61 Å². The number of aromatic nitrogens is 1. The molecule has 0 amide bonds. The summed E-state index contributed by atoms with van der Waals surface area (Å²) < 4.78 is 5.80. The van der Waals surface area contributed by atoms with E-state index in [0.29, 0.717) is 5.02 Å². The average Bonchev–Trinajstić information content (AvgIpc) is 3.04. The van der Waals surface area contributed by atoms with E-state index in [1.54, 1.807) is 12.1 Å². The van der Waals surface area contributed by atoms with Crippen LogP contribution < -0.4 is 4.74 Å². The molecular formula is C19H18ClNO2. The highest BCUT2D eigenvalue weighted by atomic mass is 35.5. The van der Waals surface area contributed by atoms with Gasteiger partial charge in [-0.3, -0.25) is 0 Å². The molecule has 0 saturated heterocycles. The first kappa shape index (κ1) is 15.7. The average molecular weight is 328 g/mol. The first-order valence-electron chi connectivity index (χ1n) is 7.57. The number of aliphatic hydroxyl groups excluding tert-OH is 1. The lowest BCUT2D eigenvalue weighted by molar-refractivity contribution is 0.288. The Bertz CT molecular complexity index is 748. The fourth-order valence-corrected chi connectivity index (χ4v) is 2.60. The van der Waals surface area contributed by atoms with Gasteiger partial charge in [-0.05, 0) is 60.9 Å². The maximum Gasteiger partial charge on any atom is 0.127 e. The van der Waals surface area contributed by atoms with Crippen LogP contribution in [0.3, 0.4) is 0 Å². The topological polar surface area (TPSA) is 45.2 Å². The number of aryl methyl sites for hydroxylation is 1. The molecule has 0 radical (unpaired) electrons. The summed E-state index contributed by atoms with van der Waals surface area (Å²) in [5.41, 5.74) is 3.43. The molecule has 0 aliphatic heterocycles. The molecule has 0 aliphatic carbocycles. The highest BCUT2D eigenvalue weighted by Crippen LogP contribution is 2.28. The van der Waals surface area contributed by atoms with Crippen LogP contribution in [0.5, 0.6) is 11.5 Å². The Morgan fingerprint density at radius 2 is 1.57 bits per heavy atom. The molecule has 0 spiro atoms. The van der Waals surface area contributed by atoms with Gasteiger partial charge in [-0.15, -0.1) is 0 Å². The number of hydrogen-bond acceptors (Lipinski definition) is 2. The highest BCUT2D eigenvalue weighted by Gasteiger charge is 2.06. The van der Waals surface area contributed by atoms with Gasteiger partial charge in [0.2, 0.25) is 0 Å². The molecule has 0 aliphatic rings. The number of benzene rings is 2. The number of ether oxygens (including phenoxy) is 1. The molecule has 3 nitrogen and oxygen atoms in total. The summed E-state index contributed by atoms with van der Waals surface area (Å²) in [6.07, 6.45) is 3.52. The van der Waals surface area contributed by atoms with Crippen molar-refractivity contribution in [3.8, 4) is 22.6 Å². The number of halogens is 1. The maximum absolute atomic E-state index is 8.98. The van der Waals surface area contributed by atoms with E-state index in [-0.39, 0.29) is 6.61 Å². The summed E-state index contributed by atoms with van der Waals surface area (Å²) in [4.78, 5) is 3.24. The van der Waals surface area contributed by atoms with E-state index in [1.807, 2.05) is 42.6 Å². The molecule has 3 rings (SSSR count). The van der Waals surface area contributed by atoms with Crippen LogP contribution in [0.2, 0.25) is 5.02 Å². The fourth-order valence-electron chi connectivity index (χ4n) is 2.48. The third kappa shape index (κ3) is 3.95. The van der Waals surface area contributed by atoms with Gasteiger partial charge >= 0.3 is 0 Å². The number of hydrogen-bond donors (Lipinski definition) is 2. The lowest BCUT2D eigenvalue weighted by Crippen LogP contribution is -1.92. The van der Waals surface area contributed by atoms with Crippen LogP contribution in [0.4, 0.5) is 0 Å². The summed E-state index contributed by atoms with van der Waals surface area (Å²) in [6.45, 7) is 0.201. The monoisotopic (exact) mass is 327 g/mol. The zero-order chi connectivity index (χ0) is 16.1. The number of H-pyrrole nitrogens is 1. The van der Waals surface area contributed by atoms with E-state index in [2.05, 4.69) is 11.1 Å². The van der Waals surface area contributed by atoms with E-state index >= 15 is 0 Å². The minimum absolute atomic E-state index is 0.201. The molecule has 0 atom stereocenters. The van der Waals surface area contributed by atoms with Crippen molar-refractivity contribution < 1.29 is 9.84 Å². The normalized spacial score (nSPS) is 10.7. The van der Waals surface area contributed by atoms with Crippen molar-refractivity contribution in [3.05, 3.63) is 71.5 Å². The van der Waals surface area contributed by atoms with E-state index in [9.17, 15) is 0 Å². The molecule has 0 fully saturated rings. The second kappa shape index (κ2) is 7.36. The molecule has 0 unspecified atom stereocenters. The van der Waals surface area contributed by atoms with Gasteiger partial charge < -0.3 is 14.8 Å². The fraction of sp³-hybridized carbons (Fsp3) is 0.158. The molecule has 23 heavy (non-hydrogen) atoms. The molecule has 3 aromatic rings. The number of aliphatic hydroxyl groups is 1. The minimum atomic E-state index is 0.201. The summed E-state index contributed by atoms with van der Waals surface area (Å²) in [5.74, 6) is 1.54. The van der Waals surface area contributed by atoms with Gasteiger partial charge in [0.15, 0.2) is 0 Å². The Morgan fingerprint density at radius 3 is 2.22 bits per heavy atom. The molecule has 1 heterocycles. The molecule has 4 heteroatoms. The van der Waals surface area contributed by atoms with Crippen LogP contribution >= 0.6 is 11.6 Å². The Morgan fingerprint density at radius 1 is 0.913 bits per heavy atom. The van der Waals surface area contributed by atoms with Gasteiger partial charge in [0.25, 0.3) is 0 Å². The van der Waals surface area contributed by atoms with E-state index in [0.717, 1.165) is 41.2 Å². The zero-order valence-electron chi connectivity index (χ0n) is 12.6. The lowest BCUT2D eigenvalue weighted by Gasteiger charge is -2.08. The Kier molecular flexibility index (Phi) is 5.01. The quantitative estimate of drug-likeness (QED) is 0.665. The van der Waals surface area contributed by atoms with Crippen molar-refractivity contribution in [1.82, 2.24) is 4.98 Å². The van der Waals surface area contributed by atoms with Crippen LogP contribution in [0, 0.1) is 0 Å². The summed E-state index contributed by atoms with van der Waals surface area (Å²) in [5, 5.41) is 9.67. The summed E-state index contributed by atoms with van der Waals surface area (Å²) in [6, 6.07) is 17.3. The lowest BCUT2D eigenvalue weighted by atomic mass is 10.0. The van der Waals surface area contributed by atoms with Gasteiger partial charge in [0.1, 0.15) is 11.5 Å². The number of aromatic amines is 1. The van der Waals surface area contributed by atoms with Gasteiger partial charge in [-0.25, -0.2) is 0 Å². The standard InChI is InChI=1S/C19H18ClNO2/c20-15-5-9-17(10-6-15)23-16-7-3-14(4-8-16)18-11-12-21-19(18)2-1-13-22/h3-12,21-22H,1-2,13H2. The molecule has 2 aromatic carbocycles. The van der Waals surface area contributed by atoms with E-state index in [1.165, 1.54) is 0 Å². The van der Waals surface area contributed by atoms with Crippen LogP contribution in [0.25, 0.3) is 11.1 Å². The predicted molar refractivity (Wildman–Crippen MR) is 93.2 cm³/mol. The smallest absolute Gasteiger partial charge is 0.127 e. The second-order valence-electron chi connectivity index (χ2n) is 5.28. The molecule has 2 N–H and O–H groups in total. The summed E-state index contributed by atoms with van der Waals surface area (Å²) in [7, 11) is 0. The number of rotatable bonds is 6. The Labute approximate surface area is 140 Å². The third-order valence-corrected chi connectivity index (χ3v) is 3.88. The first-order chi connectivity index (χ1) is 11.3. The van der Waals surface area contributed by atoms with Gasteiger partial charge in [-0.1, -0.05) is 23.7 Å². The second-order valence-corrected chi connectivity index (χ2v) is 5.71. The molecule has 0 bridgehead atoms. The largest absolute Gasteiger partial charge is 0.457 e. The summed E-state index contributed by atoms with van der Waals surface area (Å²) >= 11 is 5.87. The molecular weight excluding hydrogens is 310 g/mol. The SMILES string of the molecule is OCCCc1[nH]ccc1-c1ccc(Oc2ccc(Cl)cc2)cc1. The number of nitrogens with one attached hydrogen (secondary N) is 1. The Hall–Kier alpha value is -2.23.